The third kappa shape index (κ3) is 4.92. The van der Waals surface area contributed by atoms with E-state index in [1.54, 1.807) is 7.11 Å². The monoisotopic (exact) mass is 473 g/mol. The molecule has 134 valence electrons. The summed E-state index contributed by atoms with van der Waals surface area (Å²) in [5, 5.41) is 3.84. The van der Waals surface area contributed by atoms with Gasteiger partial charge in [0, 0.05) is 12.0 Å². The molecule has 5 nitrogen and oxygen atoms in total. The topological polar surface area (TPSA) is 68.9 Å². The van der Waals surface area contributed by atoms with Crippen LogP contribution < -0.4 is 20.5 Å². The van der Waals surface area contributed by atoms with Crippen molar-refractivity contribution in [3.05, 3.63) is 58.6 Å². The smallest absolute Gasteiger partial charge is 0.189 e. The van der Waals surface area contributed by atoms with Crippen LogP contribution in [0.25, 0.3) is 0 Å². The van der Waals surface area contributed by atoms with E-state index in [0.29, 0.717) is 29.9 Å². The minimum Gasteiger partial charge on any atom is -0.495 e. The highest BCUT2D eigenvalue weighted by Gasteiger charge is 2.21. The molecule has 1 aliphatic rings. The van der Waals surface area contributed by atoms with Gasteiger partial charge in [-0.15, -0.1) is 24.0 Å². The minimum absolute atomic E-state index is 0. The quantitative estimate of drug-likeness (QED) is 0.402. The molecule has 0 aliphatic carbocycles. The molecule has 0 saturated heterocycles. The molecular formula is C18H21ClIN3O2. The maximum atomic E-state index is 6.12. The van der Waals surface area contributed by atoms with Crippen LogP contribution in [0, 0.1) is 0 Å². The lowest BCUT2D eigenvalue weighted by Gasteiger charge is -2.26. The van der Waals surface area contributed by atoms with Gasteiger partial charge >= 0.3 is 0 Å². The third-order valence-electron chi connectivity index (χ3n) is 3.93. The Morgan fingerprint density at radius 2 is 2.16 bits per heavy atom. The molecule has 0 fully saturated rings. The van der Waals surface area contributed by atoms with E-state index in [0.717, 1.165) is 23.3 Å². The number of rotatable bonds is 4. The normalized spacial score (nSPS) is 16.2. The van der Waals surface area contributed by atoms with E-state index in [1.165, 1.54) is 0 Å². The molecule has 0 saturated carbocycles. The Morgan fingerprint density at radius 1 is 1.36 bits per heavy atom. The molecule has 0 radical (unpaired) electrons. The van der Waals surface area contributed by atoms with Crippen LogP contribution in [-0.2, 0) is 6.54 Å². The Kier molecular flexibility index (Phi) is 7.19. The molecule has 25 heavy (non-hydrogen) atoms. The summed E-state index contributed by atoms with van der Waals surface area (Å²) in [7, 11) is 1.59. The van der Waals surface area contributed by atoms with Crippen LogP contribution >= 0.6 is 35.6 Å². The summed E-state index contributed by atoms with van der Waals surface area (Å²) in [4.78, 5) is 4.40. The van der Waals surface area contributed by atoms with Crippen LogP contribution in [0.4, 0.5) is 0 Å². The summed E-state index contributed by atoms with van der Waals surface area (Å²) in [5.41, 5.74) is 8.12. The van der Waals surface area contributed by atoms with Crippen molar-refractivity contribution < 1.29 is 9.47 Å². The second kappa shape index (κ2) is 9.15. The first-order chi connectivity index (χ1) is 11.7. The van der Waals surface area contributed by atoms with Gasteiger partial charge in [-0.3, -0.25) is 0 Å². The molecule has 0 bridgehead atoms. The fourth-order valence-corrected chi connectivity index (χ4v) is 2.98. The first-order valence-corrected chi connectivity index (χ1v) is 8.16. The van der Waals surface area contributed by atoms with Crippen LogP contribution in [0.2, 0.25) is 5.02 Å². The van der Waals surface area contributed by atoms with Crippen molar-refractivity contribution in [2.75, 3.05) is 13.7 Å². The molecule has 0 amide bonds. The molecule has 2 aromatic carbocycles. The number of aliphatic imine (C=N–C) groups is 1. The average molecular weight is 474 g/mol. The van der Waals surface area contributed by atoms with Gasteiger partial charge < -0.3 is 20.5 Å². The number of hydrogen-bond donors (Lipinski definition) is 2. The van der Waals surface area contributed by atoms with E-state index in [4.69, 9.17) is 26.8 Å². The molecule has 1 heterocycles. The largest absolute Gasteiger partial charge is 0.495 e. The predicted molar refractivity (Wildman–Crippen MR) is 111 cm³/mol. The summed E-state index contributed by atoms with van der Waals surface area (Å²) >= 11 is 6.12. The Morgan fingerprint density at radius 3 is 2.92 bits per heavy atom. The lowest BCUT2D eigenvalue weighted by Crippen LogP contribution is -2.37. The van der Waals surface area contributed by atoms with Gasteiger partial charge in [0.1, 0.15) is 11.5 Å². The predicted octanol–water partition coefficient (Wildman–Crippen LogP) is 3.89. The van der Waals surface area contributed by atoms with Crippen molar-refractivity contribution in [1.29, 1.82) is 0 Å². The van der Waals surface area contributed by atoms with Crippen LogP contribution in [0.3, 0.4) is 0 Å². The summed E-state index contributed by atoms with van der Waals surface area (Å²) in [6, 6.07) is 13.7. The zero-order chi connectivity index (χ0) is 16.9. The van der Waals surface area contributed by atoms with Crippen LogP contribution in [0.5, 0.6) is 11.5 Å². The van der Waals surface area contributed by atoms with Gasteiger partial charge in [-0.05, 0) is 23.8 Å². The number of nitrogens with two attached hydrogens (primary N) is 1. The maximum absolute atomic E-state index is 6.12. The SMILES string of the molecule is COc1ccc(CN=C(N)NC2CCOc3ccccc32)cc1Cl.I. The number of para-hydroxylation sites is 1. The van der Waals surface area contributed by atoms with Crippen LogP contribution in [0.1, 0.15) is 23.6 Å². The average Bonchev–Trinajstić information content (AvgIpc) is 2.60. The number of guanidine groups is 1. The number of ether oxygens (including phenoxy) is 2. The number of fused-ring (bicyclic) bond motifs is 1. The molecule has 3 rings (SSSR count). The molecule has 1 aliphatic heterocycles. The van der Waals surface area contributed by atoms with Gasteiger partial charge in [0.15, 0.2) is 5.96 Å². The summed E-state index contributed by atoms with van der Waals surface area (Å²) in [6.07, 6.45) is 0.849. The van der Waals surface area contributed by atoms with E-state index in [1.807, 2.05) is 42.5 Å². The Labute approximate surface area is 169 Å². The first kappa shape index (κ1) is 19.7. The maximum Gasteiger partial charge on any atom is 0.189 e. The molecule has 0 spiro atoms. The van der Waals surface area contributed by atoms with E-state index in [-0.39, 0.29) is 30.0 Å². The minimum atomic E-state index is 0. The molecule has 1 unspecified atom stereocenters. The summed E-state index contributed by atoms with van der Waals surface area (Å²) in [5.74, 6) is 1.95. The highest BCUT2D eigenvalue weighted by Crippen LogP contribution is 2.31. The molecule has 1 atom stereocenters. The van der Waals surface area contributed by atoms with Crippen molar-refractivity contribution in [2.24, 2.45) is 10.7 Å². The zero-order valence-corrected chi connectivity index (χ0v) is 17.0. The summed E-state index contributed by atoms with van der Waals surface area (Å²) < 4.78 is 10.8. The van der Waals surface area contributed by atoms with Gasteiger partial charge in [0.2, 0.25) is 0 Å². The Balaban J connectivity index is 0.00000225. The van der Waals surface area contributed by atoms with E-state index >= 15 is 0 Å². The van der Waals surface area contributed by atoms with Crippen LogP contribution in [0.15, 0.2) is 47.5 Å². The number of methoxy groups -OCH3 is 1. The van der Waals surface area contributed by atoms with Crippen molar-refractivity contribution >= 4 is 41.5 Å². The molecule has 0 aromatic heterocycles. The van der Waals surface area contributed by atoms with Crippen LogP contribution in [-0.4, -0.2) is 19.7 Å². The molecule has 3 N–H and O–H groups in total. The van der Waals surface area contributed by atoms with E-state index < -0.39 is 0 Å². The molecular weight excluding hydrogens is 453 g/mol. The first-order valence-electron chi connectivity index (χ1n) is 7.78. The van der Waals surface area contributed by atoms with Crippen molar-refractivity contribution in [1.82, 2.24) is 5.32 Å². The fraction of sp³-hybridized carbons (Fsp3) is 0.278. The van der Waals surface area contributed by atoms with Gasteiger partial charge in [0.05, 0.1) is 31.3 Å². The van der Waals surface area contributed by atoms with Crippen molar-refractivity contribution in [2.45, 2.75) is 19.0 Å². The number of nitrogens with zero attached hydrogens (tertiary/aromatic N) is 1. The Hall–Kier alpha value is -1.67. The number of benzene rings is 2. The van der Waals surface area contributed by atoms with E-state index in [9.17, 15) is 0 Å². The second-order valence-electron chi connectivity index (χ2n) is 5.54. The van der Waals surface area contributed by atoms with Gasteiger partial charge in [0.25, 0.3) is 0 Å². The lowest BCUT2D eigenvalue weighted by molar-refractivity contribution is 0.262. The standard InChI is InChI=1S/C18H20ClN3O2.HI/c1-23-17-7-6-12(10-14(17)19)11-21-18(20)22-15-8-9-24-16-5-3-2-4-13(15)16;/h2-7,10,15H,8-9,11H2,1H3,(H3,20,21,22);1H. The zero-order valence-electron chi connectivity index (χ0n) is 13.9. The highest BCUT2D eigenvalue weighted by molar-refractivity contribution is 14.0. The van der Waals surface area contributed by atoms with E-state index in [2.05, 4.69) is 10.3 Å². The lowest BCUT2D eigenvalue weighted by atomic mass is 10.0. The van der Waals surface area contributed by atoms with Gasteiger partial charge in [-0.1, -0.05) is 35.9 Å². The number of nitrogens with one attached hydrogen (secondary N) is 1. The number of hydrogen-bond acceptors (Lipinski definition) is 3. The highest BCUT2D eigenvalue weighted by atomic mass is 127. The second-order valence-corrected chi connectivity index (χ2v) is 5.95. The fourth-order valence-electron chi connectivity index (χ4n) is 2.70. The number of halogens is 2. The molecule has 7 heteroatoms. The third-order valence-corrected chi connectivity index (χ3v) is 4.22. The van der Waals surface area contributed by atoms with Crippen molar-refractivity contribution in [3.63, 3.8) is 0 Å². The van der Waals surface area contributed by atoms with Gasteiger partial charge in [-0.2, -0.15) is 0 Å². The Bertz CT molecular complexity index is 755. The summed E-state index contributed by atoms with van der Waals surface area (Å²) in [6.45, 7) is 1.11. The van der Waals surface area contributed by atoms with Crippen molar-refractivity contribution in [3.8, 4) is 11.5 Å². The molecule has 2 aromatic rings. The van der Waals surface area contributed by atoms with Gasteiger partial charge in [-0.25, -0.2) is 4.99 Å².